The standard InChI is InChI=1S/C10H16N2O6/c1-11(6-8(13)17-2)10(16)12-3-4-18-7(5-12)9(14)15/h7H,3-6H2,1-2H3,(H,14,15). The second-order valence-corrected chi connectivity index (χ2v) is 3.86. The fourth-order valence-corrected chi connectivity index (χ4v) is 1.54. The third kappa shape index (κ3) is 3.59. The Labute approximate surface area is 104 Å². The summed E-state index contributed by atoms with van der Waals surface area (Å²) in [6.07, 6.45) is -1.02. The van der Waals surface area contributed by atoms with Crippen molar-refractivity contribution in [1.29, 1.82) is 0 Å². The van der Waals surface area contributed by atoms with Crippen LogP contribution in [-0.4, -0.2) is 79.4 Å². The topological polar surface area (TPSA) is 96.4 Å². The molecule has 1 N–H and O–H groups in total. The quantitative estimate of drug-likeness (QED) is 0.653. The van der Waals surface area contributed by atoms with Crippen LogP contribution in [0.3, 0.4) is 0 Å². The van der Waals surface area contributed by atoms with Crippen LogP contribution in [0.2, 0.25) is 0 Å². The highest BCUT2D eigenvalue weighted by Gasteiger charge is 2.30. The van der Waals surface area contributed by atoms with E-state index in [1.54, 1.807) is 0 Å². The van der Waals surface area contributed by atoms with Gasteiger partial charge in [0.2, 0.25) is 0 Å². The molecule has 1 fully saturated rings. The van der Waals surface area contributed by atoms with Gasteiger partial charge in [-0.15, -0.1) is 0 Å². The first kappa shape index (κ1) is 14.2. The monoisotopic (exact) mass is 260 g/mol. The predicted molar refractivity (Wildman–Crippen MR) is 59.0 cm³/mol. The number of hydrogen-bond acceptors (Lipinski definition) is 5. The van der Waals surface area contributed by atoms with Crippen molar-refractivity contribution in [2.75, 3.05) is 40.4 Å². The van der Waals surface area contributed by atoms with Crippen LogP contribution in [0.1, 0.15) is 0 Å². The van der Waals surface area contributed by atoms with Crippen molar-refractivity contribution in [1.82, 2.24) is 9.80 Å². The van der Waals surface area contributed by atoms with E-state index in [0.717, 1.165) is 0 Å². The Balaban J connectivity index is 2.55. The van der Waals surface area contributed by atoms with Crippen LogP contribution in [0.15, 0.2) is 0 Å². The molecule has 0 aromatic carbocycles. The molecule has 0 bridgehead atoms. The smallest absolute Gasteiger partial charge is 0.334 e. The number of carbonyl (C=O) groups is 3. The maximum atomic E-state index is 11.9. The molecule has 1 rings (SSSR count). The molecule has 8 nitrogen and oxygen atoms in total. The summed E-state index contributed by atoms with van der Waals surface area (Å²) in [5.41, 5.74) is 0. The van der Waals surface area contributed by atoms with Gasteiger partial charge >= 0.3 is 18.0 Å². The van der Waals surface area contributed by atoms with Gasteiger partial charge in [-0.1, -0.05) is 0 Å². The van der Waals surface area contributed by atoms with Gasteiger partial charge in [0.05, 0.1) is 20.3 Å². The zero-order valence-electron chi connectivity index (χ0n) is 10.3. The van der Waals surface area contributed by atoms with E-state index in [4.69, 9.17) is 9.84 Å². The number of carboxylic acid groups (broad SMARTS) is 1. The first-order valence-electron chi connectivity index (χ1n) is 5.37. The number of nitrogens with zero attached hydrogens (tertiary/aromatic N) is 2. The number of urea groups is 1. The number of morpholine rings is 1. The number of ether oxygens (including phenoxy) is 2. The molecule has 0 radical (unpaired) electrons. The summed E-state index contributed by atoms with van der Waals surface area (Å²) in [5, 5.41) is 8.81. The number of hydrogen-bond donors (Lipinski definition) is 1. The lowest BCUT2D eigenvalue weighted by Crippen LogP contribution is -2.52. The predicted octanol–water partition coefficient (Wildman–Crippen LogP) is -1.00. The molecular formula is C10H16N2O6. The van der Waals surface area contributed by atoms with E-state index in [9.17, 15) is 14.4 Å². The van der Waals surface area contributed by atoms with Crippen LogP contribution in [-0.2, 0) is 19.1 Å². The molecule has 1 unspecified atom stereocenters. The van der Waals surface area contributed by atoms with Crippen molar-refractivity contribution in [3.8, 4) is 0 Å². The van der Waals surface area contributed by atoms with Crippen LogP contribution in [0.5, 0.6) is 0 Å². The van der Waals surface area contributed by atoms with E-state index in [-0.39, 0.29) is 19.7 Å². The molecule has 2 amide bonds. The molecule has 1 aliphatic heterocycles. The maximum Gasteiger partial charge on any atom is 0.334 e. The van der Waals surface area contributed by atoms with Crippen molar-refractivity contribution in [2.24, 2.45) is 0 Å². The minimum absolute atomic E-state index is 0.0281. The zero-order chi connectivity index (χ0) is 13.7. The van der Waals surface area contributed by atoms with Gasteiger partial charge in [0.15, 0.2) is 6.10 Å². The van der Waals surface area contributed by atoms with Gasteiger partial charge in [-0.2, -0.15) is 0 Å². The summed E-state index contributed by atoms with van der Waals surface area (Å²) >= 11 is 0. The Kier molecular flexibility index (Phi) is 4.90. The molecule has 0 saturated carbocycles. The van der Waals surface area contributed by atoms with Gasteiger partial charge in [0.25, 0.3) is 0 Å². The van der Waals surface area contributed by atoms with Crippen LogP contribution >= 0.6 is 0 Å². The van der Waals surface area contributed by atoms with Crippen molar-refractivity contribution in [2.45, 2.75) is 6.10 Å². The normalized spacial score (nSPS) is 19.2. The lowest BCUT2D eigenvalue weighted by atomic mass is 10.3. The van der Waals surface area contributed by atoms with Crippen LogP contribution in [0.4, 0.5) is 4.79 Å². The van der Waals surface area contributed by atoms with Gasteiger partial charge in [-0.3, -0.25) is 4.79 Å². The zero-order valence-corrected chi connectivity index (χ0v) is 10.3. The van der Waals surface area contributed by atoms with Crippen molar-refractivity contribution >= 4 is 18.0 Å². The fraction of sp³-hybridized carbons (Fsp3) is 0.700. The first-order valence-corrected chi connectivity index (χ1v) is 5.37. The summed E-state index contributed by atoms with van der Waals surface area (Å²) in [7, 11) is 2.68. The van der Waals surface area contributed by atoms with Gasteiger partial charge < -0.3 is 24.4 Å². The molecule has 1 saturated heterocycles. The molecule has 0 aliphatic carbocycles. The maximum absolute atomic E-state index is 11.9. The minimum atomic E-state index is -1.11. The minimum Gasteiger partial charge on any atom is -0.479 e. The Morgan fingerprint density at radius 2 is 2.17 bits per heavy atom. The number of aliphatic carboxylic acids is 1. The lowest BCUT2D eigenvalue weighted by molar-refractivity contribution is -0.155. The third-order valence-corrected chi connectivity index (χ3v) is 2.53. The SMILES string of the molecule is COC(=O)CN(C)C(=O)N1CCOC(C(=O)O)C1. The number of carboxylic acids is 1. The highest BCUT2D eigenvalue weighted by molar-refractivity contribution is 5.81. The number of carbonyl (C=O) groups excluding carboxylic acids is 2. The van der Waals surface area contributed by atoms with E-state index < -0.39 is 24.1 Å². The number of methoxy groups -OCH3 is 1. The van der Waals surface area contributed by atoms with Crippen LogP contribution in [0, 0.1) is 0 Å². The van der Waals surface area contributed by atoms with Gasteiger partial charge in [0.1, 0.15) is 6.54 Å². The molecule has 0 aromatic rings. The number of rotatable bonds is 3. The summed E-state index contributed by atoms with van der Waals surface area (Å²) in [6.45, 7) is 0.257. The molecular weight excluding hydrogens is 244 g/mol. The summed E-state index contributed by atoms with van der Waals surface area (Å²) < 4.78 is 9.45. The van der Waals surface area contributed by atoms with E-state index >= 15 is 0 Å². The summed E-state index contributed by atoms with van der Waals surface area (Å²) in [4.78, 5) is 36.2. The second kappa shape index (κ2) is 6.20. The van der Waals surface area contributed by atoms with Crippen LogP contribution < -0.4 is 0 Å². The number of likely N-dealkylation sites (N-methyl/N-ethyl adjacent to an activating group) is 1. The highest BCUT2D eigenvalue weighted by Crippen LogP contribution is 2.08. The molecule has 102 valence electrons. The van der Waals surface area contributed by atoms with Crippen molar-refractivity contribution in [3.05, 3.63) is 0 Å². The summed E-state index contributed by atoms with van der Waals surface area (Å²) in [5.74, 6) is -1.64. The number of amides is 2. The Morgan fingerprint density at radius 3 is 2.72 bits per heavy atom. The summed E-state index contributed by atoms with van der Waals surface area (Å²) in [6, 6.07) is -0.421. The highest BCUT2D eigenvalue weighted by atomic mass is 16.5. The molecule has 1 atom stereocenters. The van der Waals surface area contributed by atoms with Gasteiger partial charge in [-0.25, -0.2) is 9.59 Å². The van der Waals surface area contributed by atoms with Gasteiger partial charge in [0, 0.05) is 13.6 Å². The molecule has 18 heavy (non-hydrogen) atoms. The Bertz CT molecular complexity index is 345. The Hall–Kier alpha value is -1.83. The van der Waals surface area contributed by atoms with E-state index in [1.807, 2.05) is 0 Å². The first-order chi connectivity index (χ1) is 8.45. The molecule has 0 spiro atoms. The average Bonchev–Trinajstić information content (AvgIpc) is 2.37. The van der Waals surface area contributed by atoms with E-state index in [2.05, 4.69) is 4.74 Å². The van der Waals surface area contributed by atoms with E-state index in [1.165, 1.54) is 24.0 Å². The van der Waals surface area contributed by atoms with Crippen molar-refractivity contribution in [3.63, 3.8) is 0 Å². The van der Waals surface area contributed by atoms with E-state index in [0.29, 0.717) is 6.54 Å². The third-order valence-electron chi connectivity index (χ3n) is 2.53. The molecule has 0 aromatic heterocycles. The second-order valence-electron chi connectivity index (χ2n) is 3.86. The van der Waals surface area contributed by atoms with Gasteiger partial charge in [-0.05, 0) is 0 Å². The average molecular weight is 260 g/mol. The largest absolute Gasteiger partial charge is 0.479 e. The fourth-order valence-electron chi connectivity index (χ4n) is 1.54. The molecule has 8 heteroatoms. The molecule has 1 heterocycles. The molecule has 1 aliphatic rings. The Morgan fingerprint density at radius 1 is 1.50 bits per heavy atom. The number of esters is 1. The van der Waals surface area contributed by atoms with Crippen LogP contribution in [0.25, 0.3) is 0 Å². The van der Waals surface area contributed by atoms with Crippen molar-refractivity contribution < 1.29 is 29.0 Å². The lowest BCUT2D eigenvalue weighted by Gasteiger charge is -2.33.